The van der Waals surface area contributed by atoms with Gasteiger partial charge in [-0.3, -0.25) is 0 Å². The van der Waals surface area contributed by atoms with Gasteiger partial charge in [0, 0.05) is 57.9 Å². The van der Waals surface area contributed by atoms with Crippen LogP contribution in [0.3, 0.4) is 0 Å². The number of aromatic nitrogens is 2. The summed E-state index contributed by atoms with van der Waals surface area (Å²) >= 11 is 0. The third-order valence-electron chi connectivity index (χ3n) is 5.32. The van der Waals surface area contributed by atoms with Crippen LogP contribution in [0.15, 0.2) is 97.6 Å². The second-order valence-corrected chi connectivity index (χ2v) is 6.85. The van der Waals surface area contributed by atoms with Crippen LogP contribution >= 0.6 is 0 Å². The van der Waals surface area contributed by atoms with E-state index in [2.05, 4.69) is 106 Å². The summed E-state index contributed by atoms with van der Waals surface area (Å²) in [5.41, 5.74) is 2.42. The molecule has 0 amide bonds. The quantitative estimate of drug-likeness (QED) is 0.218. The Kier molecular flexibility index (Phi) is 2.64. The second kappa shape index (κ2) is 4.99. The first-order chi connectivity index (χ1) is 12.9. The van der Waals surface area contributed by atoms with Crippen LogP contribution in [0.1, 0.15) is 0 Å². The Balaban J connectivity index is 1.88. The summed E-state index contributed by atoms with van der Waals surface area (Å²) in [4.78, 5) is 0. The van der Waals surface area contributed by atoms with Gasteiger partial charge in [-0.25, -0.2) is 0 Å². The smallest absolute Gasteiger partial charge is 0.167 e. The number of nitrogens with zero attached hydrogens (tertiary/aromatic N) is 2. The van der Waals surface area contributed by atoms with E-state index in [-0.39, 0.29) is 0 Å². The van der Waals surface area contributed by atoms with Crippen LogP contribution in [0.2, 0.25) is 0 Å². The second-order valence-electron chi connectivity index (χ2n) is 6.85. The van der Waals surface area contributed by atoms with Gasteiger partial charge in [-0.15, -0.1) is 0 Å². The van der Waals surface area contributed by atoms with Gasteiger partial charge >= 0.3 is 0 Å². The normalized spacial score (nSPS) is 11.8. The molecule has 2 aromatic carbocycles. The maximum Gasteiger partial charge on any atom is 0.211 e. The van der Waals surface area contributed by atoms with Gasteiger partial charge in [0.1, 0.15) is 0 Å². The Labute approximate surface area is 150 Å². The molecule has 0 saturated carbocycles. The number of rotatable bonds is 0. The summed E-state index contributed by atoms with van der Waals surface area (Å²) in [6.07, 6.45) is 8.65. The fourth-order valence-corrected chi connectivity index (χ4v) is 4.06. The third kappa shape index (κ3) is 1.87. The summed E-state index contributed by atoms with van der Waals surface area (Å²) in [6, 6.07) is 26.2. The van der Waals surface area contributed by atoms with Crippen LogP contribution in [0.25, 0.3) is 43.4 Å². The molecule has 0 saturated heterocycles. The van der Waals surface area contributed by atoms with Crippen LogP contribution in [-0.4, -0.2) is 0 Å². The molecule has 0 aliphatic carbocycles. The Morgan fingerprint density at radius 1 is 0.500 bits per heavy atom. The monoisotopic (exact) mass is 332 g/mol. The molecule has 0 aliphatic rings. The van der Waals surface area contributed by atoms with Crippen molar-refractivity contribution in [3.8, 4) is 0 Å². The van der Waals surface area contributed by atoms with E-state index < -0.39 is 0 Å². The molecule has 0 unspecified atom stereocenters. The first-order valence-electron chi connectivity index (χ1n) is 8.86. The molecule has 0 N–H and O–H groups in total. The molecular formula is C24H16N2+2. The van der Waals surface area contributed by atoms with Crippen LogP contribution in [-0.2, 0) is 0 Å². The van der Waals surface area contributed by atoms with E-state index >= 15 is 0 Å². The zero-order valence-electron chi connectivity index (χ0n) is 14.1. The molecule has 6 aromatic rings. The molecule has 0 aliphatic heterocycles. The fourth-order valence-electron chi connectivity index (χ4n) is 4.06. The number of pyridine rings is 4. The first kappa shape index (κ1) is 13.7. The summed E-state index contributed by atoms with van der Waals surface area (Å²) in [5.74, 6) is 0. The molecule has 26 heavy (non-hydrogen) atoms. The van der Waals surface area contributed by atoms with Crippen LogP contribution in [0.4, 0.5) is 0 Å². The summed E-state index contributed by atoms with van der Waals surface area (Å²) in [6.45, 7) is 0. The lowest BCUT2D eigenvalue weighted by molar-refractivity contribution is -0.510. The molecule has 120 valence electrons. The van der Waals surface area contributed by atoms with Gasteiger partial charge in [-0.1, -0.05) is 12.1 Å². The molecule has 4 heterocycles. The number of hydrogen-bond acceptors (Lipinski definition) is 0. The van der Waals surface area contributed by atoms with Crippen LogP contribution < -0.4 is 8.80 Å². The summed E-state index contributed by atoms with van der Waals surface area (Å²) in [5, 5.41) is 7.74. The van der Waals surface area contributed by atoms with Crippen molar-refractivity contribution in [3.05, 3.63) is 97.6 Å². The van der Waals surface area contributed by atoms with Crippen molar-refractivity contribution in [3.63, 3.8) is 0 Å². The van der Waals surface area contributed by atoms with Gasteiger partial charge in [0.2, 0.25) is 11.0 Å². The lowest BCUT2D eigenvalue weighted by atomic mass is 9.97. The van der Waals surface area contributed by atoms with E-state index in [1.165, 1.54) is 43.4 Å². The van der Waals surface area contributed by atoms with Crippen LogP contribution in [0, 0.1) is 0 Å². The highest BCUT2D eigenvalue weighted by Gasteiger charge is 2.12. The van der Waals surface area contributed by atoms with Crippen LogP contribution in [0.5, 0.6) is 0 Å². The summed E-state index contributed by atoms with van der Waals surface area (Å²) < 4.78 is 4.37. The zero-order chi connectivity index (χ0) is 17.1. The maximum atomic E-state index is 2.30. The molecule has 0 radical (unpaired) electrons. The van der Waals surface area contributed by atoms with Gasteiger partial charge in [0.05, 0.1) is 0 Å². The Morgan fingerprint density at radius 2 is 1.00 bits per heavy atom. The molecule has 0 spiro atoms. The largest absolute Gasteiger partial charge is 0.211 e. The Morgan fingerprint density at radius 3 is 1.54 bits per heavy atom. The Bertz CT molecular complexity index is 1370. The number of hydrogen-bond donors (Lipinski definition) is 0. The molecule has 6 rings (SSSR count). The molecule has 0 fully saturated rings. The van der Waals surface area contributed by atoms with Gasteiger partial charge in [-0.05, 0) is 35.0 Å². The molecule has 2 heteroatoms. The minimum Gasteiger partial charge on any atom is -0.167 e. The standard InChI is InChI=1S/C24H16N2/c1-3-11-25-15-18-9-7-17-8-10-19-16-26-12-4-2-6-21(26)14-23(19)24(17)22(18)13-20(25)5-1/h1-16H/q+2. The molecule has 0 bridgehead atoms. The van der Waals surface area contributed by atoms with Gasteiger partial charge < -0.3 is 0 Å². The van der Waals surface area contributed by atoms with E-state index in [0.29, 0.717) is 0 Å². The van der Waals surface area contributed by atoms with Gasteiger partial charge in [0.25, 0.3) is 0 Å². The fraction of sp³-hybridized carbons (Fsp3) is 0. The molecule has 2 nitrogen and oxygen atoms in total. The predicted molar refractivity (Wildman–Crippen MR) is 105 cm³/mol. The third-order valence-corrected chi connectivity index (χ3v) is 5.32. The SMILES string of the molecule is c1cc[n+]2cc3ccc4ccc5c[n+]6ccccc6cc5c4c3cc2c1. The molecular weight excluding hydrogens is 316 g/mol. The maximum absolute atomic E-state index is 2.30. The van der Waals surface area contributed by atoms with Crippen molar-refractivity contribution in [2.75, 3.05) is 0 Å². The highest BCUT2D eigenvalue weighted by molar-refractivity contribution is 6.20. The topological polar surface area (TPSA) is 8.20 Å². The van der Waals surface area contributed by atoms with E-state index in [4.69, 9.17) is 0 Å². The predicted octanol–water partition coefficient (Wildman–Crippen LogP) is 4.62. The van der Waals surface area contributed by atoms with Gasteiger partial charge in [0.15, 0.2) is 24.8 Å². The highest BCUT2D eigenvalue weighted by atomic mass is 14.8. The zero-order valence-corrected chi connectivity index (χ0v) is 14.1. The van der Waals surface area contributed by atoms with E-state index in [1.54, 1.807) is 0 Å². The van der Waals surface area contributed by atoms with E-state index in [1.807, 2.05) is 0 Å². The van der Waals surface area contributed by atoms with Crippen molar-refractivity contribution in [2.24, 2.45) is 0 Å². The van der Waals surface area contributed by atoms with Crippen molar-refractivity contribution < 1.29 is 8.80 Å². The van der Waals surface area contributed by atoms with Crippen molar-refractivity contribution >= 4 is 43.4 Å². The highest BCUT2D eigenvalue weighted by Crippen LogP contribution is 2.32. The van der Waals surface area contributed by atoms with Crippen molar-refractivity contribution in [2.45, 2.75) is 0 Å². The lowest BCUT2D eigenvalue weighted by Gasteiger charge is -2.07. The number of fused-ring (bicyclic) bond motifs is 7. The summed E-state index contributed by atoms with van der Waals surface area (Å²) in [7, 11) is 0. The average molecular weight is 332 g/mol. The first-order valence-corrected chi connectivity index (χ1v) is 8.86. The minimum atomic E-state index is 1.21. The Hall–Kier alpha value is -3.52. The van der Waals surface area contributed by atoms with Crippen molar-refractivity contribution in [1.29, 1.82) is 0 Å². The average Bonchev–Trinajstić information content (AvgIpc) is 2.70. The minimum absolute atomic E-state index is 1.21. The lowest BCUT2D eigenvalue weighted by Crippen LogP contribution is -2.20. The van der Waals surface area contributed by atoms with E-state index in [0.717, 1.165) is 0 Å². The van der Waals surface area contributed by atoms with E-state index in [9.17, 15) is 0 Å². The van der Waals surface area contributed by atoms with Crippen molar-refractivity contribution in [1.82, 2.24) is 0 Å². The molecule has 0 atom stereocenters. The number of benzene rings is 2. The van der Waals surface area contributed by atoms with Gasteiger partial charge in [-0.2, -0.15) is 8.80 Å². The molecule has 4 aromatic heterocycles.